The molecule has 4 heteroatoms. The van der Waals surface area contributed by atoms with E-state index in [4.69, 9.17) is 0 Å². The second-order valence-corrected chi connectivity index (χ2v) is 6.49. The fourth-order valence-electron chi connectivity index (χ4n) is 2.76. The van der Waals surface area contributed by atoms with E-state index < -0.39 is 11.2 Å². The highest BCUT2D eigenvalue weighted by Gasteiger charge is 2.24. The Morgan fingerprint density at radius 3 is 1.62 bits per heavy atom. The maximum atomic E-state index is 10.00. The van der Waals surface area contributed by atoms with Gasteiger partial charge in [0.2, 0.25) is 0 Å². The topological polar surface area (TPSA) is 80.9 Å². The van der Waals surface area contributed by atoms with Crippen LogP contribution in [0.3, 0.4) is 0 Å². The summed E-state index contributed by atoms with van der Waals surface area (Å²) in [5, 5.41) is 39.7. The average molecular weight is 292 g/mol. The molecule has 0 fully saturated rings. The lowest BCUT2D eigenvalue weighted by molar-refractivity contribution is 0.110. The predicted molar refractivity (Wildman–Crippen MR) is 81.9 cm³/mol. The van der Waals surface area contributed by atoms with Crippen molar-refractivity contribution in [2.45, 2.75) is 57.2 Å². The molecule has 0 heterocycles. The number of aliphatic hydroxyl groups excluding tert-OH is 2. The van der Waals surface area contributed by atoms with Crippen molar-refractivity contribution < 1.29 is 20.4 Å². The minimum atomic E-state index is -0.905. The number of hydrogen-bond acceptors (Lipinski definition) is 4. The van der Waals surface area contributed by atoms with Crippen LogP contribution in [-0.4, -0.2) is 31.6 Å². The lowest BCUT2D eigenvalue weighted by atomic mass is 9.87. The van der Waals surface area contributed by atoms with Crippen molar-refractivity contribution in [2.75, 3.05) is 0 Å². The van der Waals surface area contributed by atoms with Gasteiger partial charge in [0.1, 0.15) is 11.5 Å². The Kier molecular flexibility index (Phi) is 4.30. The Balaban J connectivity index is 1.96. The van der Waals surface area contributed by atoms with Crippen molar-refractivity contribution in [1.82, 2.24) is 0 Å². The maximum absolute atomic E-state index is 10.00. The molecular formula is C17H24O4. The molecule has 0 aromatic heterocycles. The molecule has 0 saturated carbocycles. The molecule has 0 amide bonds. The summed E-state index contributed by atoms with van der Waals surface area (Å²) in [6.07, 6.45) is 9.46. The van der Waals surface area contributed by atoms with Crippen molar-refractivity contribution in [1.29, 1.82) is 0 Å². The van der Waals surface area contributed by atoms with Gasteiger partial charge in [0.05, 0.1) is 11.2 Å². The first-order chi connectivity index (χ1) is 9.69. The SMILES string of the molecule is CC1(O)C=C(CCCC2=CC(C)(O)CC=C2O)C(O)=CC1. The summed E-state index contributed by atoms with van der Waals surface area (Å²) in [7, 11) is 0. The van der Waals surface area contributed by atoms with Gasteiger partial charge in [-0.1, -0.05) is 0 Å². The summed E-state index contributed by atoms with van der Waals surface area (Å²) < 4.78 is 0. The molecule has 2 rings (SSSR count). The van der Waals surface area contributed by atoms with E-state index in [0.29, 0.717) is 25.7 Å². The molecule has 0 aliphatic heterocycles. The van der Waals surface area contributed by atoms with E-state index in [-0.39, 0.29) is 11.5 Å². The second-order valence-electron chi connectivity index (χ2n) is 6.49. The molecule has 2 aliphatic rings. The lowest BCUT2D eigenvalue weighted by Gasteiger charge is -2.25. The highest BCUT2D eigenvalue weighted by atomic mass is 16.3. The van der Waals surface area contributed by atoms with Crippen LogP contribution in [0.1, 0.15) is 46.0 Å². The van der Waals surface area contributed by atoms with Gasteiger partial charge in [-0.2, -0.15) is 0 Å². The molecule has 21 heavy (non-hydrogen) atoms. The molecule has 0 aromatic rings. The van der Waals surface area contributed by atoms with E-state index in [1.807, 2.05) is 0 Å². The van der Waals surface area contributed by atoms with Crippen molar-refractivity contribution >= 4 is 0 Å². The predicted octanol–water partition coefficient (Wildman–Crippen LogP) is 3.20. The van der Waals surface area contributed by atoms with Gasteiger partial charge in [-0.05, 0) is 68.6 Å². The lowest BCUT2D eigenvalue weighted by Crippen LogP contribution is -2.24. The molecular weight excluding hydrogens is 268 g/mol. The zero-order valence-corrected chi connectivity index (χ0v) is 12.6. The standard InChI is InChI=1S/C17H24O4/c1-16(20)8-6-14(18)12(10-16)4-3-5-13-11-17(2,21)9-7-15(13)19/h6-7,10-11,18-21H,3-5,8-9H2,1-2H3. The normalized spacial score (nSPS) is 33.0. The van der Waals surface area contributed by atoms with Gasteiger partial charge in [-0.3, -0.25) is 0 Å². The van der Waals surface area contributed by atoms with Crippen LogP contribution >= 0.6 is 0 Å². The van der Waals surface area contributed by atoms with Crippen LogP contribution in [0.2, 0.25) is 0 Å². The summed E-state index contributed by atoms with van der Waals surface area (Å²) in [6.45, 7) is 3.43. The molecule has 2 atom stereocenters. The van der Waals surface area contributed by atoms with Crippen LogP contribution in [0.25, 0.3) is 0 Å². The average Bonchev–Trinajstić information content (AvgIpc) is 2.37. The quantitative estimate of drug-likeness (QED) is 0.641. The largest absolute Gasteiger partial charge is 0.508 e. The van der Waals surface area contributed by atoms with Crippen LogP contribution in [0.4, 0.5) is 0 Å². The first-order valence-electron chi connectivity index (χ1n) is 7.36. The van der Waals surface area contributed by atoms with Crippen molar-refractivity contribution in [2.24, 2.45) is 0 Å². The van der Waals surface area contributed by atoms with Gasteiger partial charge in [-0.15, -0.1) is 0 Å². The molecule has 0 radical (unpaired) electrons. The molecule has 0 saturated heterocycles. The summed E-state index contributed by atoms with van der Waals surface area (Å²) in [4.78, 5) is 0. The molecule has 4 N–H and O–H groups in total. The Morgan fingerprint density at radius 1 is 0.857 bits per heavy atom. The summed E-state index contributed by atoms with van der Waals surface area (Å²) in [5.41, 5.74) is -0.342. The molecule has 0 spiro atoms. The van der Waals surface area contributed by atoms with E-state index in [1.54, 1.807) is 38.2 Å². The van der Waals surface area contributed by atoms with Crippen molar-refractivity contribution in [3.8, 4) is 0 Å². The number of allylic oxidation sites excluding steroid dienone is 2. The van der Waals surface area contributed by atoms with Gasteiger partial charge >= 0.3 is 0 Å². The number of rotatable bonds is 4. The van der Waals surface area contributed by atoms with Crippen LogP contribution in [0, 0.1) is 0 Å². The molecule has 4 nitrogen and oxygen atoms in total. The van der Waals surface area contributed by atoms with Crippen LogP contribution in [-0.2, 0) is 0 Å². The fraction of sp³-hybridized carbons (Fsp3) is 0.529. The van der Waals surface area contributed by atoms with Gasteiger partial charge in [0, 0.05) is 12.8 Å². The highest BCUT2D eigenvalue weighted by Crippen LogP contribution is 2.31. The molecule has 0 aromatic carbocycles. The van der Waals surface area contributed by atoms with E-state index in [1.165, 1.54) is 0 Å². The smallest absolute Gasteiger partial charge is 0.114 e. The van der Waals surface area contributed by atoms with Gasteiger partial charge in [0.25, 0.3) is 0 Å². The summed E-state index contributed by atoms with van der Waals surface area (Å²) in [5.74, 6) is 0.455. The second kappa shape index (κ2) is 5.70. The Labute approximate surface area is 125 Å². The van der Waals surface area contributed by atoms with Crippen molar-refractivity contribution in [3.63, 3.8) is 0 Å². The molecule has 116 valence electrons. The monoisotopic (exact) mass is 292 g/mol. The third-order valence-electron chi connectivity index (χ3n) is 3.94. The third-order valence-corrected chi connectivity index (χ3v) is 3.94. The Morgan fingerprint density at radius 2 is 1.24 bits per heavy atom. The fourth-order valence-corrected chi connectivity index (χ4v) is 2.76. The first kappa shape index (κ1) is 15.9. The van der Waals surface area contributed by atoms with Crippen LogP contribution in [0.15, 0.2) is 47.0 Å². The van der Waals surface area contributed by atoms with Gasteiger partial charge in [0.15, 0.2) is 0 Å². The molecule has 2 aliphatic carbocycles. The van der Waals surface area contributed by atoms with Gasteiger partial charge in [-0.25, -0.2) is 0 Å². The minimum Gasteiger partial charge on any atom is -0.508 e. The van der Waals surface area contributed by atoms with Crippen molar-refractivity contribution in [3.05, 3.63) is 47.0 Å². The van der Waals surface area contributed by atoms with Crippen LogP contribution in [0.5, 0.6) is 0 Å². The Hall–Kier alpha value is -1.52. The first-order valence-corrected chi connectivity index (χ1v) is 7.36. The third kappa shape index (κ3) is 4.22. The van der Waals surface area contributed by atoms with Crippen LogP contribution < -0.4 is 0 Å². The summed E-state index contributed by atoms with van der Waals surface area (Å²) in [6, 6.07) is 0. The minimum absolute atomic E-state index is 0.228. The zero-order chi connectivity index (χ0) is 15.7. The van der Waals surface area contributed by atoms with Gasteiger partial charge < -0.3 is 20.4 Å². The van der Waals surface area contributed by atoms with E-state index in [9.17, 15) is 20.4 Å². The van der Waals surface area contributed by atoms with E-state index in [0.717, 1.165) is 17.6 Å². The number of hydrogen-bond donors (Lipinski definition) is 4. The summed E-state index contributed by atoms with van der Waals surface area (Å²) >= 11 is 0. The van der Waals surface area contributed by atoms with E-state index >= 15 is 0 Å². The zero-order valence-electron chi connectivity index (χ0n) is 12.6. The number of aliphatic hydroxyl groups is 4. The molecule has 0 bridgehead atoms. The highest BCUT2D eigenvalue weighted by molar-refractivity contribution is 5.34. The Bertz CT molecular complexity index is 485. The maximum Gasteiger partial charge on any atom is 0.114 e. The molecule has 2 unspecified atom stereocenters. The van der Waals surface area contributed by atoms with E-state index in [2.05, 4.69) is 0 Å².